The lowest BCUT2D eigenvalue weighted by molar-refractivity contribution is 0.0696. The highest BCUT2D eigenvalue weighted by molar-refractivity contribution is 9.10. The van der Waals surface area contributed by atoms with Crippen molar-refractivity contribution >= 4 is 43.5 Å². The molecule has 0 aliphatic carbocycles. The van der Waals surface area contributed by atoms with Gasteiger partial charge in [-0.1, -0.05) is 11.6 Å². The first-order valence-electron chi connectivity index (χ1n) is 4.71. The van der Waals surface area contributed by atoms with Gasteiger partial charge in [0.2, 0.25) is 10.0 Å². The van der Waals surface area contributed by atoms with E-state index in [1.807, 2.05) is 0 Å². The molecule has 0 aliphatic heterocycles. The SMILES string of the molecule is NCCNS(=O)(=O)c1cc(Br)c(Cl)c(C(=O)O)c1. The molecule has 0 radical (unpaired) electrons. The summed E-state index contributed by atoms with van der Waals surface area (Å²) in [7, 11) is -3.80. The quantitative estimate of drug-likeness (QED) is 0.729. The molecule has 0 bridgehead atoms. The number of nitrogens with two attached hydrogens (primary N) is 1. The summed E-state index contributed by atoms with van der Waals surface area (Å²) < 4.78 is 26.0. The molecule has 0 unspecified atom stereocenters. The van der Waals surface area contributed by atoms with E-state index in [1.165, 1.54) is 6.07 Å². The summed E-state index contributed by atoms with van der Waals surface area (Å²) >= 11 is 8.77. The van der Waals surface area contributed by atoms with Crippen molar-refractivity contribution in [3.05, 3.63) is 27.2 Å². The van der Waals surface area contributed by atoms with Gasteiger partial charge in [-0.15, -0.1) is 0 Å². The van der Waals surface area contributed by atoms with Crippen molar-refractivity contribution in [3.63, 3.8) is 0 Å². The van der Waals surface area contributed by atoms with Crippen LogP contribution in [0, 0.1) is 0 Å². The highest BCUT2D eigenvalue weighted by atomic mass is 79.9. The number of halogens is 2. The number of hydrogen-bond acceptors (Lipinski definition) is 4. The van der Waals surface area contributed by atoms with Crippen LogP contribution in [0.25, 0.3) is 0 Å². The lowest BCUT2D eigenvalue weighted by Gasteiger charge is -2.08. The third kappa shape index (κ3) is 3.42. The fourth-order valence-corrected chi connectivity index (χ4v) is 3.05. The van der Waals surface area contributed by atoms with E-state index in [-0.39, 0.29) is 33.0 Å². The zero-order chi connectivity index (χ0) is 13.9. The fraction of sp³-hybridized carbons (Fsp3) is 0.222. The Morgan fingerprint density at radius 3 is 2.61 bits per heavy atom. The largest absolute Gasteiger partial charge is 0.478 e. The zero-order valence-corrected chi connectivity index (χ0v) is 12.1. The van der Waals surface area contributed by atoms with Crippen molar-refractivity contribution in [1.29, 1.82) is 0 Å². The van der Waals surface area contributed by atoms with E-state index in [4.69, 9.17) is 22.4 Å². The van der Waals surface area contributed by atoms with E-state index in [2.05, 4.69) is 20.7 Å². The second-order valence-electron chi connectivity index (χ2n) is 3.26. The molecule has 6 nitrogen and oxygen atoms in total. The van der Waals surface area contributed by atoms with E-state index in [0.29, 0.717) is 0 Å². The van der Waals surface area contributed by atoms with Gasteiger partial charge >= 0.3 is 5.97 Å². The van der Waals surface area contributed by atoms with Crippen LogP contribution in [0.3, 0.4) is 0 Å². The molecule has 4 N–H and O–H groups in total. The lowest BCUT2D eigenvalue weighted by atomic mass is 10.2. The normalized spacial score (nSPS) is 11.5. The Hall–Kier alpha value is -0.670. The minimum absolute atomic E-state index is 0.0553. The molecular weight excluding hydrogens is 348 g/mol. The smallest absolute Gasteiger partial charge is 0.337 e. The monoisotopic (exact) mass is 356 g/mol. The molecule has 0 fully saturated rings. The van der Waals surface area contributed by atoms with Crippen molar-refractivity contribution in [2.24, 2.45) is 5.73 Å². The predicted molar refractivity (Wildman–Crippen MR) is 70.4 cm³/mol. The van der Waals surface area contributed by atoms with Gasteiger partial charge in [-0.25, -0.2) is 17.9 Å². The number of carboxylic acids is 1. The van der Waals surface area contributed by atoms with E-state index in [9.17, 15) is 13.2 Å². The molecule has 1 aromatic carbocycles. The van der Waals surface area contributed by atoms with E-state index in [0.717, 1.165) is 6.07 Å². The van der Waals surface area contributed by atoms with Crippen LogP contribution in [0.4, 0.5) is 0 Å². The van der Waals surface area contributed by atoms with Gasteiger partial charge in [-0.3, -0.25) is 0 Å². The summed E-state index contributed by atoms with van der Waals surface area (Å²) in [6, 6.07) is 2.22. The van der Waals surface area contributed by atoms with Crippen LogP contribution in [0.1, 0.15) is 10.4 Å². The number of aromatic carboxylic acids is 1. The number of nitrogens with one attached hydrogen (secondary N) is 1. The Morgan fingerprint density at radius 2 is 2.11 bits per heavy atom. The molecule has 9 heteroatoms. The number of benzene rings is 1. The molecule has 18 heavy (non-hydrogen) atoms. The van der Waals surface area contributed by atoms with Crippen LogP contribution in [0.5, 0.6) is 0 Å². The van der Waals surface area contributed by atoms with Gasteiger partial charge in [-0.05, 0) is 28.1 Å². The van der Waals surface area contributed by atoms with Crippen molar-refractivity contribution < 1.29 is 18.3 Å². The standard InChI is InChI=1S/C9H10BrClN2O4S/c10-7-4-5(18(16,17)13-2-1-12)3-6(8(7)11)9(14)15/h3-4,13H,1-2,12H2,(H,14,15). The van der Waals surface area contributed by atoms with Crippen LogP contribution in [-0.2, 0) is 10.0 Å². The maximum atomic E-state index is 11.8. The Kier molecular flexibility index (Phi) is 5.11. The molecule has 0 atom stereocenters. The Labute approximate surface area is 117 Å². The minimum Gasteiger partial charge on any atom is -0.478 e. The number of carboxylic acid groups (broad SMARTS) is 1. The van der Waals surface area contributed by atoms with E-state index in [1.54, 1.807) is 0 Å². The van der Waals surface area contributed by atoms with E-state index < -0.39 is 16.0 Å². The minimum atomic E-state index is -3.80. The van der Waals surface area contributed by atoms with Gasteiger partial charge in [0.15, 0.2) is 0 Å². The summed E-state index contributed by atoms with van der Waals surface area (Å²) in [4.78, 5) is 10.7. The topological polar surface area (TPSA) is 109 Å². The van der Waals surface area contributed by atoms with Crippen LogP contribution >= 0.6 is 27.5 Å². The molecule has 0 spiro atoms. The van der Waals surface area contributed by atoms with Gasteiger partial charge in [-0.2, -0.15) is 0 Å². The maximum absolute atomic E-state index is 11.8. The zero-order valence-electron chi connectivity index (χ0n) is 8.98. The number of carbonyl (C=O) groups is 1. The Bertz CT molecular complexity index is 576. The van der Waals surface area contributed by atoms with Crippen LogP contribution in [0.15, 0.2) is 21.5 Å². The Balaban J connectivity index is 3.31. The predicted octanol–water partition coefficient (Wildman–Crippen LogP) is 1.04. The van der Waals surface area contributed by atoms with Crippen molar-refractivity contribution in [2.75, 3.05) is 13.1 Å². The first-order valence-corrected chi connectivity index (χ1v) is 7.37. The van der Waals surface area contributed by atoms with Crippen molar-refractivity contribution in [3.8, 4) is 0 Å². The molecule has 0 saturated heterocycles. The third-order valence-corrected chi connectivity index (χ3v) is 4.68. The number of rotatable bonds is 5. The molecule has 0 saturated carbocycles. The van der Waals surface area contributed by atoms with Crippen molar-refractivity contribution in [2.45, 2.75) is 4.90 Å². The number of hydrogen-bond donors (Lipinski definition) is 3. The molecule has 1 aromatic rings. The van der Waals surface area contributed by atoms with Crippen LogP contribution < -0.4 is 10.5 Å². The molecule has 1 rings (SSSR count). The third-order valence-electron chi connectivity index (χ3n) is 1.98. The van der Waals surface area contributed by atoms with Gasteiger partial charge in [0.25, 0.3) is 0 Å². The number of sulfonamides is 1. The molecule has 0 heterocycles. The molecular formula is C9H10BrClN2O4S. The summed E-state index contributed by atoms with van der Waals surface area (Å²) in [5.41, 5.74) is 4.90. The summed E-state index contributed by atoms with van der Waals surface area (Å²) in [6.07, 6.45) is 0. The molecule has 100 valence electrons. The van der Waals surface area contributed by atoms with Gasteiger partial charge in [0.1, 0.15) is 0 Å². The average molecular weight is 358 g/mol. The summed E-state index contributed by atoms with van der Waals surface area (Å²) in [5, 5.41) is 8.86. The molecule has 0 amide bonds. The second kappa shape index (κ2) is 5.98. The average Bonchev–Trinajstić information content (AvgIpc) is 2.29. The first kappa shape index (κ1) is 15.4. The lowest BCUT2D eigenvalue weighted by Crippen LogP contribution is -2.29. The maximum Gasteiger partial charge on any atom is 0.337 e. The molecule has 0 aromatic heterocycles. The van der Waals surface area contributed by atoms with Crippen LogP contribution in [-0.4, -0.2) is 32.6 Å². The highest BCUT2D eigenvalue weighted by Gasteiger charge is 2.20. The fourth-order valence-electron chi connectivity index (χ4n) is 1.15. The highest BCUT2D eigenvalue weighted by Crippen LogP contribution is 2.29. The van der Waals surface area contributed by atoms with Crippen LogP contribution in [0.2, 0.25) is 5.02 Å². The van der Waals surface area contributed by atoms with Gasteiger partial charge in [0.05, 0.1) is 15.5 Å². The van der Waals surface area contributed by atoms with Crippen molar-refractivity contribution in [1.82, 2.24) is 4.72 Å². The Morgan fingerprint density at radius 1 is 1.50 bits per heavy atom. The first-order chi connectivity index (χ1) is 8.29. The van der Waals surface area contributed by atoms with Gasteiger partial charge in [0, 0.05) is 17.6 Å². The van der Waals surface area contributed by atoms with Gasteiger partial charge < -0.3 is 10.8 Å². The van der Waals surface area contributed by atoms with E-state index >= 15 is 0 Å². The second-order valence-corrected chi connectivity index (χ2v) is 6.26. The summed E-state index contributed by atoms with van der Waals surface area (Å²) in [5.74, 6) is -1.31. The molecule has 0 aliphatic rings. The summed E-state index contributed by atoms with van der Waals surface area (Å²) in [6.45, 7) is 0.199.